The Morgan fingerprint density at radius 1 is 1.04 bits per heavy atom. The van der Waals surface area contributed by atoms with Gasteiger partial charge in [-0.15, -0.1) is 10.2 Å². The summed E-state index contributed by atoms with van der Waals surface area (Å²) in [6, 6.07) is 19.1. The first kappa shape index (κ1) is 18.1. The number of rotatable bonds is 5. The third-order valence-corrected chi connectivity index (χ3v) is 4.61. The normalized spacial score (nSPS) is 11.2. The Labute approximate surface area is 169 Å². The molecule has 0 amide bonds. The van der Waals surface area contributed by atoms with E-state index in [1.165, 1.54) is 6.08 Å². The van der Waals surface area contributed by atoms with Gasteiger partial charge in [0.25, 0.3) is 5.89 Å². The summed E-state index contributed by atoms with van der Waals surface area (Å²) < 4.78 is 11.5. The number of para-hydroxylation sites is 1. The van der Waals surface area contributed by atoms with Crippen molar-refractivity contribution in [2.45, 2.75) is 6.61 Å². The standard InChI is InChI=1S/C21H14BrN3O3/c22-17-7-3-2-6-16(17)21-25-24-19(28-21)13-27-20(26)12-11-15-10-9-14-5-1-4-8-18(14)23-15/h1-12H,13H2. The van der Waals surface area contributed by atoms with Crippen LogP contribution in [0.5, 0.6) is 0 Å². The molecule has 138 valence electrons. The minimum absolute atomic E-state index is 0.105. The van der Waals surface area contributed by atoms with E-state index in [-0.39, 0.29) is 12.5 Å². The largest absolute Gasteiger partial charge is 0.452 e. The molecule has 0 bridgehead atoms. The maximum absolute atomic E-state index is 12.0. The number of hydrogen-bond donors (Lipinski definition) is 0. The number of halogens is 1. The van der Waals surface area contributed by atoms with Crippen molar-refractivity contribution in [1.29, 1.82) is 0 Å². The van der Waals surface area contributed by atoms with Crippen LogP contribution in [0.4, 0.5) is 0 Å². The third-order valence-electron chi connectivity index (χ3n) is 3.92. The second-order valence-electron chi connectivity index (χ2n) is 5.85. The Bertz CT molecular complexity index is 1170. The molecule has 0 aliphatic carbocycles. The lowest BCUT2D eigenvalue weighted by Gasteiger charge is -1.99. The zero-order valence-electron chi connectivity index (χ0n) is 14.6. The van der Waals surface area contributed by atoms with Crippen LogP contribution in [-0.4, -0.2) is 21.2 Å². The van der Waals surface area contributed by atoms with E-state index in [2.05, 4.69) is 31.1 Å². The van der Waals surface area contributed by atoms with E-state index in [1.54, 1.807) is 6.08 Å². The number of pyridine rings is 1. The molecule has 2 aromatic carbocycles. The van der Waals surface area contributed by atoms with Crippen molar-refractivity contribution >= 4 is 38.9 Å². The average molecular weight is 436 g/mol. The van der Waals surface area contributed by atoms with Crippen molar-refractivity contribution < 1.29 is 13.9 Å². The highest BCUT2D eigenvalue weighted by Gasteiger charge is 2.12. The highest BCUT2D eigenvalue weighted by molar-refractivity contribution is 9.10. The molecule has 2 aromatic heterocycles. The van der Waals surface area contributed by atoms with Crippen LogP contribution in [0.1, 0.15) is 11.6 Å². The van der Waals surface area contributed by atoms with E-state index in [1.807, 2.05) is 60.7 Å². The predicted molar refractivity (Wildman–Crippen MR) is 108 cm³/mol. The van der Waals surface area contributed by atoms with Gasteiger partial charge in [0, 0.05) is 15.9 Å². The average Bonchev–Trinajstić information content (AvgIpc) is 3.19. The Morgan fingerprint density at radius 3 is 2.75 bits per heavy atom. The van der Waals surface area contributed by atoms with E-state index in [9.17, 15) is 4.79 Å². The zero-order valence-corrected chi connectivity index (χ0v) is 16.2. The van der Waals surface area contributed by atoms with Gasteiger partial charge in [0.1, 0.15) is 0 Å². The first-order valence-electron chi connectivity index (χ1n) is 8.47. The van der Waals surface area contributed by atoms with Gasteiger partial charge in [-0.05, 0) is 46.3 Å². The maximum Gasteiger partial charge on any atom is 0.331 e. The molecule has 4 aromatic rings. The topological polar surface area (TPSA) is 78.1 Å². The second-order valence-corrected chi connectivity index (χ2v) is 6.70. The summed E-state index contributed by atoms with van der Waals surface area (Å²) in [4.78, 5) is 16.4. The molecule has 0 unspecified atom stereocenters. The van der Waals surface area contributed by atoms with Gasteiger partial charge in [-0.2, -0.15) is 0 Å². The van der Waals surface area contributed by atoms with Crippen molar-refractivity contribution in [3.8, 4) is 11.5 Å². The summed E-state index contributed by atoms with van der Waals surface area (Å²) in [6.07, 6.45) is 2.93. The SMILES string of the molecule is O=C(C=Cc1ccc2ccccc2n1)OCc1nnc(-c2ccccc2Br)o1. The summed E-state index contributed by atoms with van der Waals surface area (Å²) in [6.45, 7) is -0.105. The third kappa shape index (κ3) is 4.15. The highest BCUT2D eigenvalue weighted by atomic mass is 79.9. The molecule has 0 aliphatic heterocycles. The fraction of sp³-hybridized carbons (Fsp3) is 0.0476. The predicted octanol–water partition coefficient (Wildman–Crippen LogP) is 4.80. The highest BCUT2D eigenvalue weighted by Crippen LogP contribution is 2.26. The number of carbonyl (C=O) groups is 1. The van der Waals surface area contributed by atoms with Gasteiger partial charge < -0.3 is 9.15 Å². The van der Waals surface area contributed by atoms with Crippen LogP contribution in [0.3, 0.4) is 0 Å². The molecule has 28 heavy (non-hydrogen) atoms. The molecule has 4 rings (SSSR count). The van der Waals surface area contributed by atoms with Crippen LogP contribution in [0.15, 0.2) is 75.6 Å². The number of carbonyl (C=O) groups excluding carboxylic acids is 1. The Balaban J connectivity index is 1.38. The van der Waals surface area contributed by atoms with Crippen molar-refractivity contribution in [1.82, 2.24) is 15.2 Å². The molecule has 0 saturated heterocycles. The lowest BCUT2D eigenvalue weighted by Crippen LogP contribution is -2.01. The second kappa shape index (κ2) is 8.14. The number of nitrogens with zero attached hydrogens (tertiary/aromatic N) is 3. The Kier molecular flexibility index (Phi) is 5.25. The van der Waals surface area contributed by atoms with Crippen LogP contribution >= 0.6 is 15.9 Å². The number of benzene rings is 2. The van der Waals surface area contributed by atoms with E-state index in [4.69, 9.17) is 9.15 Å². The molecule has 0 saturated carbocycles. The van der Waals surface area contributed by atoms with Gasteiger partial charge in [-0.3, -0.25) is 0 Å². The molecule has 0 N–H and O–H groups in total. The van der Waals surface area contributed by atoms with Gasteiger partial charge in [0.15, 0.2) is 6.61 Å². The van der Waals surface area contributed by atoms with Crippen LogP contribution in [-0.2, 0) is 16.1 Å². The van der Waals surface area contributed by atoms with Gasteiger partial charge >= 0.3 is 5.97 Å². The van der Waals surface area contributed by atoms with Crippen molar-refractivity contribution in [2.75, 3.05) is 0 Å². The fourth-order valence-corrected chi connectivity index (χ4v) is 3.02. The molecule has 0 spiro atoms. The van der Waals surface area contributed by atoms with Crippen molar-refractivity contribution in [2.24, 2.45) is 0 Å². The number of aromatic nitrogens is 3. The lowest BCUT2D eigenvalue weighted by molar-refractivity contribution is -0.139. The Morgan fingerprint density at radius 2 is 1.86 bits per heavy atom. The van der Waals surface area contributed by atoms with Gasteiger partial charge in [0.2, 0.25) is 5.89 Å². The minimum atomic E-state index is -0.518. The number of esters is 1. The fourth-order valence-electron chi connectivity index (χ4n) is 2.56. The monoisotopic (exact) mass is 435 g/mol. The molecule has 0 aliphatic rings. The molecular formula is C21H14BrN3O3. The van der Waals surface area contributed by atoms with Crippen LogP contribution < -0.4 is 0 Å². The molecule has 0 atom stereocenters. The number of fused-ring (bicyclic) bond motifs is 1. The quantitative estimate of drug-likeness (QED) is 0.330. The molecule has 0 fully saturated rings. The number of ether oxygens (including phenoxy) is 1. The van der Waals surface area contributed by atoms with Gasteiger partial charge in [0.05, 0.1) is 16.8 Å². The van der Waals surface area contributed by atoms with E-state index < -0.39 is 5.97 Å². The summed E-state index contributed by atoms with van der Waals surface area (Å²) in [5.41, 5.74) is 2.31. The summed E-state index contributed by atoms with van der Waals surface area (Å²) in [5.74, 6) is 0.0568. The number of hydrogen-bond acceptors (Lipinski definition) is 6. The molecule has 7 heteroatoms. The molecule has 6 nitrogen and oxygen atoms in total. The van der Waals surface area contributed by atoms with Crippen LogP contribution in [0.2, 0.25) is 0 Å². The zero-order chi connectivity index (χ0) is 19.3. The molecule has 2 heterocycles. The summed E-state index contributed by atoms with van der Waals surface area (Å²) in [5, 5.41) is 8.93. The Hall–Kier alpha value is -3.32. The molecular weight excluding hydrogens is 422 g/mol. The first-order chi connectivity index (χ1) is 13.7. The maximum atomic E-state index is 12.0. The van der Waals surface area contributed by atoms with Crippen molar-refractivity contribution in [3.63, 3.8) is 0 Å². The first-order valence-corrected chi connectivity index (χ1v) is 9.26. The van der Waals surface area contributed by atoms with E-state index in [0.29, 0.717) is 11.6 Å². The van der Waals surface area contributed by atoms with Gasteiger partial charge in [-0.1, -0.05) is 36.4 Å². The smallest absolute Gasteiger partial charge is 0.331 e. The van der Waals surface area contributed by atoms with E-state index in [0.717, 1.165) is 20.9 Å². The summed E-state index contributed by atoms with van der Waals surface area (Å²) in [7, 11) is 0. The van der Waals surface area contributed by atoms with Crippen molar-refractivity contribution in [3.05, 3.63) is 82.8 Å². The van der Waals surface area contributed by atoms with Crippen LogP contribution in [0, 0.1) is 0 Å². The molecule has 0 radical (unpaired) electrons. The van der Waals surface area contributed by atoms with Crippen LogP contribution in [0.25, 0.3) is 28.4 Å². The van der Waals surface area contributed by atoms with Gasteiger partial charge in [-0.25, -0.2) is 9.78 Å². The minimum Gasteiger partial charge on any atom is -0.452 e. The van der Waals surface area contributed by atoms with E-state index >= 15 is 0 Å². The summed E-state index contributed by atoms with van der Waals surface area (Å²) >= 11 is 3.43. The lowest BCUT2D eigenvalue weighted by atomic mass is 10.2.